The van der Waals surface area contributed by atoms with Crippen molar-refractivity contribution in [3.05, 3.63) is 100.0 Å². The lowest BCUT2D eigenvalue weighted by Gasteiger charge is -2.15. The second kappa shape index (κ2) is 9.14. The number of ether oxygens (including phenoxy) is 1. The minimum Gasteiger partial charge on any atom is -0.491 e. The molecule has 0 fully saturated rings. The van der Waals surface area contributed by atoms with Crippen LogP contribution in [0, 0.1) is 15.9 Å². The predicted molar refractivity (Wildman–Crippen MR) is 125 cm³/mol. The van der Waals surface area contributed by atoms with Crippen molar-refractivity contribution in [2.75, 3.05) is 10.2 Å². The summed E-state index contributed by atoms with van der Waals surface area (Å²) in [5.74, 6) is -1.31. The summed E-state index contributed by atoms with van der Waals surface area (Å²) >= 11 is 0. The minimum absolute atomic E-state index is 0.0101. The molecule has 4 rings (SSSR count). The first-order valence-corrected chi connectivity index (χ1v) is 10.4. The summed E-state index contributed by atoms with van der Waals surface area (Å²) in [6, 6.07) is 17.3. The average Bonchev–Trinajstić information content (AvgIpc) is 3.04. The van der Waals surface area contributed by atoms with Gasteiger partial charge in [-0.05, 0) is 74.0 Å². The highest BCUT2D eigenvalue weighted by molar-refractivity contribution is 6.46. The van der Waals surface area contributed by atoms with Gasteiger partial charge in [0.15, 0.2) is 0 Å². The number of benzene rings is 3. The molecule has 34 heavy (non-hydrogen) atoms. The lowest BCUT2D eigenvalue weighted by molar-refractivity contribution is -0.384. The second-order valence-corrected chi connectivity index (χ2v) is 7.80. The fourth-order valence-electron chi connectivity index (χ4n) is 3.55. The SMILES string of the molecule is CC(C)Oc1ccc(NC2=C(c3ccc([N+](=O)[O-])cc3)C(=O)N(c3cccc(F)c3)C2=O)cc1. The van der Waals surface area contributed by atoms with Gasteiger partial charge in [-0.25, -0.2) is 9.29 Å². The van der Waals surface area contributed by atoms with Crippen LogP contribution in [0.5, 0.6) is 5.75 Å². The largest absolute Gasteiger partial charge is 0.491 e. The molecule has 0 aliphatic carbocycles. The number of nitro groups is 1. The van der Waals surface area contributed by atoms with Crippen molar-refractivity contribution in [2.24, 2.45) is 0 Å². The quantitative estimate of drug-likeness (QED) is 0.305. The van der Waals surface area contributed by atoms with Crippen molar-refractivity contribution < 1.29 is 23.6 Å². The number of imide groups is 1. The standard InChI is InChI=1S/C25H20FN3O5/c1-15(2)34-21-12-8-18(9-13-21)27-23-22(16-6-10-19(11-7-16)29(32)33)24(30)28(25(23)31)20-5-3-4-17(26)14-20/h3-15,27H,1-2H3. The lowest BCUT2D eigenvalue weighted by Crippen LogP contribution is -2.32. The molecule has 0 saturated carbocycles. The molecule has 1 aliphatic heterocycles. The van der Waals surface area contributed by atoms with Gasteiger partial charge < -0.3 is 10.1 Å². The maximum Gasteiger partial charge on any atom is 0.282 e. The van der Waals surface area contributed by atoms with Crippen molar-refractivity contribution in [3.8, 4) is 5.75 Å². The van der Waals surface area contributed by atoms with Crippen LogP contribution in [0.25, 0.3) is 5.57 Å². The molecule has 1 aliphatic rings. The molecule has 1 N–H and O–H groups in total. The van der Waals surface area contributed by atoms with Crippen molar-refractivity contribution in [1.82, 2.24) is 0 Å². The number of carbonyl (C=O) groups is 2. The molecule has 3 aromatic carbocycles. The molecule has 0 aromatic heterocycles. The Labute approximate surface area is 194 Å². The Balaban J connectivity index is 1.75. The molecule has 0 unspecified atom stereocenters. The Kier molecular flexibility index (Phi) is 6.09. The Morgan fingerprint density at radius 1 is 0.971 bits per heavy atom. The van der Waals surface area contributed by atoms with E-state index in [0.717, 1.165) is 11.0 Å². The Morgan fingerprint density at radius 3 is 2.24 bits per heavy atom. The lowest BCUT2D eigenvalue weighted by atomic mass is 10.0. The van der Waals surface area contributed by atoms with Gasteiger partial charge in [-0.3, -0.25) is 19.7 Å². The monoisotopic (exact) mass is 461 g/mol. The highest BCUT2D eigenvalue weighted by Crippen LogP contribution is 2.34. The summed E-state index contributed by atoms with van der Waals surface area (Å²) in [7, 11) is 0. The topological polar surface area (TPSA) is 102 Å². The van der Waals surface area contributed by atoms with E-state index in [9.17, 15) is 24.1 Å². The molecule has 0 atom stereocenters. The van der Waals surface area contributed by atoms with Crippen LogP contribution in [0.3, 0.4) is 0 Å². The van der Waals surface area contributed by atoms with E-state index in [0.29, 0.717) is 17.0 Å². The van der Waals surface area contributed by atoms with Gasteiger partial charge in [0.25, 0.3) is 17.5 Å². The van der Waals surface area contributed by atoms with E-state index in [4.69, 9.17) is 4.74 Å². The van der Waals surface area contributed by atoms with Crippen molar-refractivity contribution >= 4 is 34.4 Å². The third-order valence-corrected chi connectivity index (χ3v) is 5.01. The fraction of sp³-hybridized carbons (Fsp3) is 0.120. The van der Waals surface area contributed by atoms with Crippen LogP contribution < -0.4 is 15.0 Å². The Hall–Kier alpha value is -4.53. The molecule has 0 radical (unpaired) electrons. The highest BCUT2D eigenvalue weighted by atomic mass is 19.1. The van der Waals surface area contributed by atoms with Crippen LogP contribution in [-0.4, -0.2) is 22.8 Å². The van der Waals surface area contributed by atoms with Gasteiger partial charge in [0.1, 0.15) is 17.3 Å². The van der Waals surface area contributed by atoms with Crippen molar-refractivity contribution in [1.29, 1.82) is 0 Å². The number of rotatable bonds is 7. The van der Waals surface area contributed by atoms with Gasteiger partial charge >= 0.3 is 0 Å². The van der Waals surface area contributed by atoms with E-state index in [1.807, 2.05) is 13.8 Å². The van der Waals surface area contributed by atoms with Gasteiger partial charge in [0, 0.05) is 17.8 Å². The first-order chi connectivity index (χ1) is 16.2. The Morgan fingerprint density at radius 2 is 1.65 bits per heavy atom. The molecule has 1 heterocycles. The van der Waals surface area contributed by atoms with Gasteiger partial charge in [-0.2, -0.15) is 0 Å². The normalized spacial score (nSPS) is 13.6. The number of nitro benzene ring substituents is 1. The van der Waals surface area contributed by atoms with Gasteiger partial charge in [0.2, 0.25) is 0 Å². The number of non-ortho nitro benzene ring substituents is 1. The number of carbonyl (C=O) groups excluding carboxylic acids is 2. The molecule has 2 amide bonds. The molecule has 172 valence electrons. The number of anilines is 2. The molecule has 3 aromatic rings. The van der Waals surface area contributed by atoms with E-state index in [2.05, 4.69) is 5.32 Å². The van der Waals surface area contributed by atoms with Crippen LogP contribution in [0.15, 0.2) is 78.5 Å². The van der Waals surface area contributed by atoms with Crippen molar-refractivity contribution in [2.45, 2.75) is 20.0 Å². The number of hydrogen-bond acceptors (Lipinski definition) is 6. The number of amides is 2. The van der Waals surface area contributed by atoms with Gasteiger partial charge in [-0.15, -0.1) is 0 Å². The molecular weight excluding hydrogens is 441 g/mol. The van der Waals surface area contributed by atoms with E-state index in [1.165, 1.54) is 42.5 Å². The van der Waals surface area contributed by atoms with E-state index in [1.54, 1.807) is 24.3 Å². The predicted octanol–water partition coefficient (Wildman–Crippen LogP) is 4.92. The van der Waals surface area contributed by atoms with Gasteiger partial charge in [-0.1, -0.05) is 6.07 Å². The zero-order valence-corrected chi connectivity index (χ0v) is 18.3. The van der Waals surface area contributed by atoms with Crippen LogP contribution in [0.1, 0.15) is 19.4 Å². The Bertz CT molecular complexity index is 1300. The molecule has 0 spiro atoms. The summed E-state index contributed by atoms with van der Waals surface area (Å²) in [4.78, 5) is 38.0. The fourth-order valence-corrected chi connectivity index (χ4v) is 3.55. The zero-order valence-electron chi connectivity index (χ0n) is 18.3. The van der Waals surface area contributed by atoms with Crippen molar-refractivity contribution in [3.63, 3.8) is 0 Å². The smallest absolute Gasteiger partial charge is 0.282 e. The van der Waals surface area contributed by atoms with Crippen LogP contribution in [-0.2, 0) is 9.59 Å². The number of halogens is 1. The summed E-state index contributed by atoms with van der Waals surface area (Å²) in [5, 5.41) is 14.0. The van der Waals surface area contributed by atoms with E-state index in [-0.39, 0.29) is 28.7 Å². The van der Waals surface area contributed by atoms with Gasteiger partial charge in [0.05, 0.1) is 22.3 Å². The number of nitrogens with one attached hydrogen (secondary N) is 1. The van der Waals surface area contributed by atoms with Crippen LogP contribution in [0.2, 0.25) is 0 Å². The van der Waals surface area contributed by atoms with E-state index >= 15 is 0 Å². The average molecular weight is 461 g/mol. The first-order valence-electron chi connectivity index (χ1n) is 10.4. The molecular formula is C25H20FN3O5. The molecule has 0 bridgehead atoms. The zero-order chi connectivity index (χ0) is 24.4. The maximum atomic E-state index is 13.8. The number of hydrogen-bond donors (Lipinski definition) is 1. The summed E-state index contributed by atoms with van der Waals surface area (Å²) in [5.41, 5.74) is 0.746. The first kappa shape index (κ1) is 22.7. The summed E-state index contributed by atoms with van der Waals surface area (Å²) in [6.07, 6.45) is -0.0101. The molecule has 8 nitrogen and oxygen atoms in total. The second-order valence-electron chi connectivity index (χ2n) is 7.80. The summed E-state index contributed by atoms with van der Waals surface area (Å²) < 4.78 is 19.5. The van der Waals surface area contributed by atoms with Crippen LogP contribution in [0.4, 0.5) is 21.5 Å². The van der Waals surface area contributed by atoms with E-state index < -0.39 is 22.6 Å². The molecule has 9 heteroatoms. The number of nitrogens with zero attached hydrogens (tertiary/aromatic N) is 2. The maximum absolute atomic E-state index is 13.8. The molecule has 0 saturated heterocycles. The highest BCUT2D eigenvalue weighted by Gasteiger charge is 2.40. The minimum atomic E-state index is -0.675. The third kappa shape index (κ3) is 4.49. The summed E-state index contributed by atoms with van der Waals surface area (Å²) in [6.45, 7) is 3.80. The van der Waals surface area contributed by atoms with Crippen LogP contribution >= 0.6 is 0 Å². The third-order valence-electron chi connectivity index (χ3n) is 5.01.